The van der Waals surface area contributed by atoms with Crippen LogP contribution in [0, 0.1) is 5.92 Å². The number of rotatable bonds is 10. The highest BCUT2D eigenvalue weighted by atomic mass is 16.4. The summed E-state index contributed by atoms with van der Waals surface area (Å²) in [7, 11) is 0. The van der Waals surface area contributed by atoms with Crippen LogP contribution >= 0.6 is 0 Å². The molecule has 0 aromatic heterocycles. The fraction of sp³-hybridized carbons (Fsp3) is 0.733. The molecule has 0 bridgehead atoms. The average Bonchev–Trinajstić information content (AvgIpc) is 2.53. The van der Waals surface area contributed by atoms with Crippen molar-refractivity contribution in [2.75, 3.05) is 6.54 Å². The van der Waals surface area contributed by atoms with E-state index < -0.39 is 66.5 Å². The van der Waals surface area contributed by atoms with E-state index >= 15 is 0 Å². The molecule has 0 spiro atoms. The molecule has 0 radical (unpaired) electrons. The number of carbonyl (C=O) groups excluding carboxylic acids is 3. The summed E-state index contributed by atoms with van der Waals surface area (Å²) in [6.07, 6.45) is -2.66. The molecule has 150 valence electrons. The lowest BCUT2D eigenvalue weighted by atomic mass is 10.0. The molecule has 0 saturated carbocycles. The van der Waals surface area contributed by atoms with Crippen LogP contribution < -0.4 is 21.7 Å². The van der Waals surface area contributed by atoms with E-state index in [-0.39, 0.29) is 0 Å². The van der Waals surface area contributed by atoms with Gasteiger partial charge >= 0.3 is 5.97 Å². The van der Waals surface area contributed by atoms with Gasteiger partial charge in [0.25, 0.3) is 0 Å². The minimum Gasteiger partial charge on any atom is -0.480 e. The van der Waals surface area contributed by atoms with Crippen molar-refractivity contribution in [3.63, 3.8) is 0 Å². The van der Waals surface area contributed by atoms with Crippen LogP contribution in [0.25, 0.3) is 0 Å². The fourth-order valence-corrected chi connectivity index (χ4v) is 2.04. The van der Waals surface area contributed by atoms with Crippen LogP contribution in [0.3, 0.4) is 0 Å². The predicted octanol–water partition coefficient (Wildman–Crippen LogP) is -3.10. The van der Waals surface area contributed by atoms with Gasteiger partial charge in [-0.3, -0.25) is 14.4 Å². The van der Waals surface area contributed by atoms with E-state index in [9.17, 15) is 29.4 Å². The number of aliphatic carboxylic acids is 1. The maximum Gasteiger partial charge on any atom is 0.326 e. The lowest BCUT2D eigenvalue weighted by Crippen LogP contribution is -2.61. The SMILES string of the molecule is CC(C)C(NC(=O)C(NC(=O)C(NC(=O)CN)C(C)O)C(C)O)C(=O)O. The molecule has 8 N–H and O–H groups in total. The summed E-state index contributed by atoms with van der Waals surface area (Å²) in [5, 5.41) is 35.2. The molecule has 0 fully saturated rings. The van der Waals surface area contributed by atoms with Crippen molar-refractivity contribution in [3.8, 4) is 0 Å². The minimum absolute atomic E-state index is 0.411. The van der Waals surface area contributed by atoms with Crippen LogP contribution in [0.1, 0.15) is 27.7 Å². The molecule has 11 nitrogen and oxygen atoms in total. The predicted molar refractivity (Wildman–Crippen MR) is 90.7 cm³/mol. The Kier molecular flexibility index (Phi) is 9.76. The molecule has 0 aromatic carbocycles. The number of aliphatic hydroxyl groups is 2. The smallest absolute Gasteiger partial charge is 0.326 e. The highest BCUT2D eigenvalue weighted by Crippen LogP contribution is 2.04. The monoisotopic (exact) mass is 376 g/mol. The largest absolute Gasteiger partial charge is 0.480 e. The summed E-state index contributed by atoms with van der Waals surface area (Å²) in [5.74, 6) is -4.24. The molecule has 11 heteroatoms. The van der Waals surface area contributed by atoms with Gasteiger partial charge in [-0.15, -0.1) is 0 Å². The van der Waals surface area contributed by atoms with Gasteiger partial charge in [-0.25, -0.2) is 4.79 Å². The molecular formula is C15H28N4O7. The van der Waals surface area contributed by atoms with E-state index in [0.717, 1.165) is 0 Å². The zero-order chi connectivity index (χ0) is 20.6. The maximum absolute atomic E-state index is 12.3. The molecule has 26 heavy (non-hydrogen) atoms. The molecule has 0 rings (SSSR count). The Morgan fingerprint density at radius 1 is 0.808 bits per heavy atom. The molecule has 0 aromatic rings. The van der Waals surface area contributed by atoms with Gasteiger partial charge in [0.05, 0.1) is 18.8 Å². The molecule has 0 aliphatic heterocycles. The first-order chi connectivity index (χ1) is 11.9. The second kappa shape index (κ2) is 10.7. The van der Waals surface area contributed by atoms with Crippen molar-refractivity contribution in [1.29, 1.82) is 0 Å². The van der Waals surface area contributed by atoms with Crippen molar-refractivity contribution >= 4 is 23.7 Å². The highest BCUT2D eigenvalue weighted by molar-refractivity contribution is 5.94. The maximum atomic E-state index is 12.3. The Morgan fingerprint density at radius 3 is 1.50 bits per heavy atom. The Balaban J connectivity index is 5.25. The van der Waals surface area contributed by atoms with Crippen LogP contribution in [0.15, 0.2) is 0 Å². The lowest BCUT2D eigenvalue weighted by molar-refractivity contribution is -0.144. The number of amides is 3. The summed E-state index contributed by atoms with van der Waals surface area (Å²) in [6.45, 7) is 5.23. The second-order valence-electron chi connectivity index (χ2n) is 6.29. The zero-order valence-corrected chi connectivity index (χ0v) is 15.2. The van der Waals surface area contributed by atoms with E-state index in [0.29, 0.717) is 0 Å². The van der Waals surface area contributed by atoms with Gasteiger partial charge in [-0.2, -0.15) is 0 Å². The normalized spacial score (nSPS) is 16.8. The summed E-state index contributed by atoms with van der Waals surface area (Å²) in [6, 6.07) is -4.11. The number of hydrogen-bond acceptors (Lipinski definition) is 7. The first-order valence-corrected chi connectivity index (χ1v) is 8.11. The van der Waals surface area contributed by atoms with E-state index in [1.54, 1.807) is 13.8 Å². The molecule has 0 saturated heterocycles. The molecule has 0 aliphatic carbocycles. The average molecular weight is 376 g/mol. The first-order valence-electron chi connectivity index (χ1n) is 8.11. The van der Waals surface area contributed by atoms with Gasteiger partial charge in [0.1, 0.15) is 18.1 Å². The summed E-state index contributed by atoms with van der Waals surface area (Å²) in [4.78, 5) is 47.1. The van der Waals surface area contributed by atoms with Gasteiger partial charge < -0.3 is 37.0 Å². The van der Waals surface area contributed by atoms with Crippen LogP contribution in [0.4, 0.5) is 0 Å². The number of nitrogens with two attached hydrogens (primary N) is 1. The molecule has 5 unspecified atom stereocenters. The number of hydrogen-bond donors (Lipinski definition) is 7. The van der Waals surface area contributed by atoms with E-state index in [4.69, 9.17) is 10.8 Å². The quantitative estimate of drug-likeness (QED) is 0.208. The molecule has 0 aliphatic rings. The van der Waals surface area contributed by atoms with Crippen LogP contribution in [0.2, 0.25) is 0 Å². The fourth-order valence-electron chi connectivity index (χ4n) is 2.04. The third-order valence-electron chi connectivity index (χ3n) is 3.56. The van der Waals surface area contributed by atoms with Crippen molar-refractivity contribution in [2.45, 2.75) is 58.0 Å². The molecule has 5 atom stereocenters. The molecule has 0 heterocycles. The number of nitrogens with one attached hydrogen (secondary N) is 3. The Hall–Kier alpha value is -2.24. The van der Waals surface area contributed by atoms with Crippen molar-refractivity contribution in [1.82, 2.24) is 16.0 Å². The summed E-state index contributed by atoms with van der Waals surface area (Å²) in [5.41, 5.74) is 5.14. The molecule has 3 amide bonds. The van der Waals surface area contributed by atoms with E-state index in [2.05, 4.69) is 16.0 Å². The van der Waals surface area contributed by atoms with E-state index in [1.165, 1.54) is 13.8 Å². The van der Waals surface area contributed by atoms with Crippen molar-refractivity contribution in [2.24, 2.45) is 11.7 Å². The summed E-state index contributed by atoms with van der Waals surface area (Å²) >= 11 is 0. The minimum atomic E-state index is -1.49. The Bertz CT molecular complexity index is 522. The van der Waals surface area contributed by atoms with Gasteiger partial charge in [0.2, 0.25) is 17.7 Å². The van der Waals surface area contributed by atoms with Gasteiger partial charge in [0, 0.05) is 0 Å². The van der Waals surface area contributed by atoms with Crippen molar-refractivity contribution in [3.05, 3.63) is 0 Å². The highest BCUT2D eigenvalue weighted by Gasteiger charge is 2.34. The first kappa shape index (κ1) is 23.8. The third-order valence-corrected chi connectivity index (χ3v) is 3.56. The third kappa shape index (κ3) is 7.33. The van der Waals surface area contributed by atoms with Crippen molar-refractivity contribution < 1.29 is 34.5 Å². The lowest BCUT2D eigenvalue weighted by Gasteiger charge is -2.27. The second-order valence-corrected chi connectivity index (χ2v) is 6.29. The Labute approximate surface area is 151 Å². The van der Waals surface area contributed by atoms with Gasteiger partial charge in [0.15, 0.2) is 0 Å². The zero-order valence-electron chi connectivity index (χ0n) is 15.2. The van der Waals surface area contributed by atoms with Gasteiger partial charge in [-0.05, 0) is 19.8 Å². The number of aliphatic hydroxyl groups excluding tert-OH is 2. The number of carbonyl (C=O) groups is 4. The topological polar surface area (TPSA) is 191 Å². The van der Waals surface area contributed by atoms with E-state index in [1.807, 2.05) is 0 Å². The summed E-state index contributed by atoms with van der Waals surface area (Å²) < 4.78 is 0. The van der Waals surface area contributed by atoms with Crippen LogP contribution in [0.5, 0.6) is 0 Å². The number of carboxylic acid groups (broad SMARTS) is 1. The Morgan fingerprint density at radius 2 is 1.19 bits per heavy atom. The number of carboxylic acids is 1. The molecular weight excluding hydrogens is 348 g/mol. The van der Waals surface area contributed by atoms with Crippen LogP contribution in [-0.2, 0) is 19.2 Å². The van der Waals surface area contributed by atoms with Crippen LogP contribution in [-0.4, -0.2) is 75.9 Å². The van der Waals surface area contributed by atoms with Gasteiger partial charge in [-0.1, -0.05) is 13.8 Å². The standard InChI is InChI=1S/C15H28N4O7/c1-6(2)10(15(25)26)18-14(24)12(8(4)21)19-13(23)11(7(3)20)17-9(22)5-16/h6-8,10-12,20-21H,5,16H2,1-4H3,(H,17,22)(H,18,24)(H,19,23)(H,25,26).